The van der Waals surface area contributed by atoms with Crippen molar-refractivity contribution in [3.8, 4) is 0 Å². The summed E-state index contributed by atoms with van der Waals surface area (Å²) >= 11 is 1.85. The van der Waals surface area contributed by atoms with E-state index in [1.165, 1.54) is 11.6 Å². The molecule has 2 aromatic carbocycles. The van der Waals surface area contributed by atoms with Crippen molar-refractivity contribution in [1.82, 2.24) is 0 Å². The Morgan fingerprint density at radius 1 is 1.04 bits per heavy atom. The molecule has 136 valence electrons. The van der Waals surface area contributed by atoms with Gasteiger partial charge in [-0.3, -0.25) is 4.79 Å². The van der Waals surface area contributed by atoms with Crippen LogP contribution in [0.15, 0.2) is 54.6 Å². The summed E-state index contributed by atoms with van der Waals surface area (Å²) in [5.41, 5.74) is 3.40. The fraction of sp³-hybridized carbons (Fsp3) is 0.238. The van der Waals surface area contributed by atoms with Gasteiger partial charge in [-0.1, -0.05) is 31.2 Å². The SMILES string of the molecule is CCOC(=O)/C=C/c1ccc(NC(=O)c2ccc(CSCC)cc2)cc1. The number of hydrogen-bond acceptors (Lipinski definition) is 4. The highest BCUT2D eigenvalue weighted by atomic mass is 32.2. The number of benzene rings is 2. The highest BCUT2D eigenvalue weighted by Gasteiger charge is 2.06. The Morgan fingerprint density at radius 2 is 1.73 bits per heavy atom. The summed E-state index contributed by atoms with van der Waals surface area (Å²) in [6.45, 7) is 4.25. The van der Waals surface area contributed by atoms with Crippen LogP contribution in [0, 0.1) is 0 Å². The van der Waals surface area contributed by atoms with E-state index in [1.807, 2.05) is 48.2 Å². The maximum absolute atomic E-state index is 12.3. The van der Waals surface area contributed by atoms with Crippen molar-refractivity contribution in [2.24, 2.45) is 0 Å². The van der Waals surface area contributed by atoms with Crippen LogP contribution >= 0.6 is 11.8 Å². The molecule has 2 aromatic rings. The van der Waals surface area contributed by atoms with Crippen molar-refractivity contribution < 1.29 is 14.3 Å². The van der Waals surface area contributed by atoms with Crippen molar-refractivity contribution in [1.29, 1.82) is 0 Å². The number of carbonyl (C=O) groups is 2. The van der Waals surface area contributed by atoms with E-state index in [4.69, 9.17) is 4.74 Å². The fourth-order valence-electron chi connectivity index (χ4n) is 2.21. The standard InChI is InChI=1S/C21H23NO3S/c1-3-25-20(23)14-9-16-7-12-19(13-8-16)22-21(24)18-10-5-17(6-11-18)15-26-4-2/h5-14H,3-4,15H2,1-2H3,(H,22,24)/b14-9+. The number of ether oxygens (including phenoxy) is 1. The molecule has 0 radical (unpaired) electrons. The van der Waals surface area contributed by atoms with Gasteiger partial charge in [0.05, 0.1) is 6.61 Å². The van der Waals surface area contributed by atoms with Gasteiger partial charge >= 0.3 is 5.97 Å². The first-order valence-electron chi connectivity index (χ1n) is 8.55. The van der Waals surface area contributed by atoms with Gasteiger partial charge in [0.25, 0.3) is 5.91 Å². The number of hydrogen-bond donors (Lipinski definition) is 1. The lowest BCUT2D eigenvalue weighted by Gasteiger charge is -2.07. The van der Waals surface area contributed by atoms with Crippen LogP contribution in [0.1, 0.15) is 35.3 Å². The van der Waals surface area contributed by atoms with Gasteiger partial charge in [0, 0.05) is 23.1 Å². The van der Waals surface area contributed by atoms with Gasteiger partial charge < -0.3 is 10.1 Å². The zero-order valence-corrected chi connectivity index (χ0v) is 15.8. The Balaban J connectivity index is 1.93. The smallest absolute Gasteiger partial charge is 0.330 e. The summed E-state index contributed by atoms with van der Waals surface area (Å²) < 4.78 is 4.83. The summed E-state index contributed by atoms with van der Waals surface area (Å²) in [5.74, 6) is 1.52. The lowest BCUT2D eigenvalue weighted by molar-refractivity contribution is -0.137. The highest BCUT2D eigenvalue weighted by molar-refractivity contribution is 7.98. The number of anilines is 1. The molecule has 0 spiro atoms. The van der Waals surface area contributed by atoms with Crippen LogP contribution in [0.4, 0.5) is 5.69 Å². The predicted octanol–water partition coefficient (Wildman–Crippen LogP) is 4.77. The second kappa shape index (κ2) is 10.5. The molecule has 0 aliphatic carbocycles. The molecule has 4 nitrogen and oxygen atoms in total. The van der Waals surface area contributed by atoms with E-state index in [1.54, 1.807) is 25.1 Å². The molecule has 5 heteroatoms. The number of carbonyl (C=O) groups excluding carboxylic acids is 2. The van der Waals surface area contributed by atoms with E-state index in [0.29, 0.717) is 17.9 Å². The Kier molecular flexibility index (Phi) is 7.96. The van der Waals surface area contributed by atoms with Gasteiger partial charge in [-0.25, -0.2) is 4.79 Å². The molecule has 2 rings (SSSR count). The molecule has 26 heavy (non-hydrogen) atoms. The summed E-state index contributed by atoms with van der Waals surface area (Å²) in [5, 5.41) is 2.87. The molecule has 0 fully saturated rings. The van der Waals surface area contributed by atoms with Crippen LogP contribution in [0.5, 0.6) is 0 Å². The summed E-state index contributed by atoms with van der Waals surface area (Å²) in [6, 6.07) is 14.9. The predicted molar refractivity (Wildman–Crippen MR) is 108 cm³/mol. The normalized spacial score (nSPS) is 10.7. The van der Waals surface area contributed by atoms with Gasteiger partial charge in [0.15, 0.2) is 0 Å². The number of esters is 1. The summed E-state index contributed by atoms with van der Waals surface area (Å²) in [4.78, 5) is 23.6. The zero-order valence-electron chi connectivity index (χ0n) is 15.0. The lowest BCUT2D eigenvalue weighted by atomic mass is 10.1. The van der Waals surface area contributed by atoms with E-state index in [2.05, 4.69) is 12.2 Å². The van der Waals surface area contributed by atoms with E-state index in [-0.39, 0.29) is 11.9 Å². The van der Waals surface area contributed by atoms with Crippen LogP contribution in [0.25, 0.3) is 6.08 Å². The highest BCUT2D eigenvalue weighted by Crippen LogP contribution is 2.15. The van der Waals surface area contributed by atoms with E-state index < -0.39 is 0 Å². The Labute approximate surface area is 158 Å². The monoisotopic (exact) mass is 369 g/mol. The minimum absolute atomic E-state index is 0.144. The molecular weight excluding hydrogens is 346 g/mol. The third-order valence-electron chi connectivity index (χ3n) is 3.56. The number of amides is 1. The first-order chi connectivity index (χ1) is 12.6. The second-order valence-corrected chi connectivity index (χ2v) is 6.77. The van der Waals surface area contributed by atoms with Crippen molar-refractivity contribution in [3.05, 3.63) is 71.3 Å². The molecule has 0 aromatic heterocycles. The average molecular weight is 369 g/mol. The number of thioether (sulfide) groups is 1. The largest absolute Gasteiger partial charge is 0.463 e. The van der Waals surface area contributed by atoms with Gasteiger partial charge in [0.1, 0.15) is 0 Å². The molecule has 1 amide bonds. The molecule has 0 heterocycles. The van der Waals surface area contributed by atoms with E-state index in [9.17, 15) is 9.59 Å². The molecule has 0 unspecified atom stereocenters. The van der Waals surface area contributed by atoms with E-state index in [0.717, 1.165) is 17.1 Å². The molecular formula is C21H23NO3S. The Morgan fingerprint density at radius 3 is 2.35 bits per heavy atom. The molecule has 0 saturated heterocycles. The van der Waals surface area contributed by atoms with Gasteiger partial charge in [-0.05, 0) is 54.1 Å². The third kappa shape index (κ3) is 6.41. The molecule has 0 atom stereocenters. The zero-order chi connectivity index (χ0) is 18.8. The van der Waals surface area contributed by atoms with Crippen LogP contribution in [-0.4, -0.2) is 24.2 Å². The first-order valence-corrected chi connectivity index (χ1v) is 9.70. The minimum Gasteiger partial charge on any atom is -0.463 e. The number of nitrogens with one attached hydrogen (secondary N) is 1. The Hall–Kier alpha value is -2.53. The first kappa shape index (κ1) is 19.8. The van der Waals surface area contributed by atoms with Gasteiger partial charge in [-0.2, -0.15) is 11.8 Å². The molecule has 0 aliphatic heterocycles. The van der Waals surface area contributed by atoms with E-state index >= 15 is 0 Å². The lowest BCUT2D eigenvalue weighted by Crippen LogP contribution is -2.11. The fourth-order valence-corrected chi connectivity index (χ4v) is 2.84. The molecule has 0 bridgehead atoms. The van der Waals surface area contributed by atoms with Gasteiger partial charge in [0.2, 0.25) is 0 Å². The van der Waals surface area contributed by atoms with Crippen LogP contribution in [-0.2, 0) is 15.3 Å². The quantitative estimate of drug-likeness (QED) is 0.538. The van der Waals surface area contributed by atoms with Crippen LogP contribution in [0.2, 0.25) is 0 Å². The number of rotatable bonds is 8. The summed E-state index contributed by atoms with van der Waals surface area (Å²) in [7, 11) is 0. The second-order valence-electron chi connectivity index (χ2n) is 5.50. The van der Waals surface area contributed by atoms with Crippen molar-refractivity contribution >= 4 is 35.4 Å². The van der Waals surface area contributed by atoms with Crippen molar-refractivity contribution in [2.45, 2.75) is 19.6 Å². The topological polar surface area (TPSA) is 55.4 Å². The molecule has 0 saturated carbocycles. The molecule has 1 N–H and O–H groups in total. The van der Waals surface area contributed by atoms with Crippen LogP contribution < -0.4 is 5.32 Å². The molecule has 0 aliphatic rings. The van der Waals surface area contributed by atoms with Crippen molar-refractivity contribution in [2.75, 3.05) is 17.7 Å². The maximum Gasteiger partial charge on any atom is 0.330 e. The maximum atomic E-state index is 12.3. The van der Waals surface area contributed by atoms with Crippen LogP contribution in [0.3, 0.4) is 0 Å². The Bertz CT molecular complexity index is 752. The minimum atomic E-state index is -0.370. The third-order valence-corrected chi connectivity index (χ3v) is 4.50. The average Bonchev–Trinajstić information content (AvgIpc) is 2.66. The summed E-state index contributed by atoms with van der Waals surface area (Å²) in [6.07, 6.45) is 3.06. The van der Waals surface area contributed by atoms with Gasteiger partial charge in [-0.15, -0.1) is 0 Å². The van der Waals surface area contributed by atoms with Crippen molar-refractivity contribution in [3.63, 3.8) is 0 Å².